The molecule has 0 unspecified atom stereocenters. The predicted octanol–water partition coefficient (Wildman–Crippen LogP) is 3.62. The van der Waals surface area contributed by atoms with Gasteiger partial charge in [0.05, 0.1) is 28.8 Å². The van der Waals surface area contributed by atoms with Crippen LogP contribution in [-0.2, 0) is 16.0 Å². The second-order valence-electron chi connectivity index (χ2n) is 6.45. The largest absolute Gasteiger partial charge is 0.496 e. The number of rotatable bonds is 6. The number of carbonyl (C=O) groups excluding carboxylic acids is 2. The maximum absolute atomic E-state index is 12.3. The Morgan fingerprint density at radius 1 is 1.32 bits per heavy atom. The van der Waals surface area contributed by atoms with E-state index >= 15 is 0 Å². The third-order valence-corrected chi connectivity index (χ3v) is 5.39. The van der Waals surface area contributed by atoms with Crippen LogP contribution in [0.5, 0.6) is 5.75 Å². The number of anilines is 2. The van der Waals surface area contributed by atoms with E-state index in [9.17, 15) is 9.59 Å². The summed E-state index contributed by atoms with van der Waals surface area (Å²) in [6, 6.07) is 11.1. The number of ether oxygens (including phenoxy) is 1. The van der Waals surface area contributed by atoms with Crippen LogP contribution in [0.1, 0.15) is 12.0 Å². The fraction of sp³-hybridized carbons (Fsp3) is 0.300. The van der Waals surface area contributed by atoms with Crippen LogP contribution < -0.4 is 20.3 Å². The number of benzene rings is 2. The molecule has 0 bridgehead atoms. The number of carbonyl (C=O) groups is 2. The molecular weight excluding hydrogens is 446 g/mol. The smallest absolute Gasteiger partial charge is 0.239 e. The van der Waals surface area contributed by atoms with Crippen LogP contribution in [0.4, 0.5) is 11.4 Å². The third kappa shape index (κ3) is 5.17. The van der Waals surface area contributed by atoms with Gasteiger partial charge in [-0.3, -0.25) is 9.59 Å². The fourth-order valence-corrected chi connectivity index (χ4v) is 3.92. The van der Waals surface area contributed by atoms with Gasteiger partial charge in [-0.25, -0.2) is 0 Å². The van der Waals surface area contributed by atoms with E-state index < -0.39 is 0 Å². The van der Waals surface area contributed by atoms with Crippen LogP contribution in [0.2, 0.25) is 5.02 Å². The second kappa shape index (κ2) is 9.30. The number of aryl methyl sites for hydroxylation is 1. The van der Waals surface area contributed by atoms with Gasteiger partial charge in [-0.15, -0.1) is 0 Å². The Labute approximate surface area is 177 Å². The number of methoxy groups -OCH3 is 1. The molecular formula is C20H21BrClN3O3. The zero-order valence-corrected chi connectivity index (χ0v) is 17.8. The molecule has 0 atom stereocenters. The Morgan fingerprint density at radius 2 is 2.14 bits per heavy atom. The molecule has 2 aromatic carbocycles. The molecule has 148 valence electrons. The molecule has 3 rings (SSSR count). The Morgan fingerprint density at radius 3 is 2.82 bits per heavy atom. The first-order chi connectivity index (χ1) is 13.5. The summed E-state index contributed by atoms with van der Waals surface area (Å²) in [5.74, 6) is 0.645. The van der Waals surface area contributed by atoms with Crippen LogP contribution in [0.3, 0.4) is 0 Å². The number of hydrogen-bond acceptors (Lipinski definition) is 4. The average molecular weight is 467 g/mol. The van der Waals surface area contributed by atoms with E-state index in [2.05, 4.69) is 26.6 Å². The first-order valence-electron chi connectivity index (χ1n) is 8.89. The highest BCUT2D eigenvalue weighted by molar-refractivity contribution is 9.10. The molecule has 8 heteroatoms. The molecule has 6 nitrogen and oxygen atoms in total. The lowest BCUT2D eigenvalue weighted by atomic mass is 10.1. The molecule has 0 aliphatic carbocycles. The molecule has 2 amide bonds. The predicted molar refractivity (Wildman–Crippen MR) is 114 cm³/mol. The molecule has 1 aliphatic heterocycles. The molecule has 28 heavy (non-hydrogen) atoms. The molecule has 1 fully saturated rings. The normalized spacial score (nSPS) is 13.8. The standard InChI is InChI=1S/C20H21BrClN3O3/c1-28-18-6-2-13(10-15(18)21)3-7-19(26)24-14-4-5-17(16(22)11-14)25-9-8-23-20(27)12-25/h2,4-6,10-11H,3,7-9,12H2,1H3,(H,23,27)(H,24,26). The van der Waals surface area contributed by atoms with E-state index in [1.165, 1.54) is 0 Å². The third-order valence-electron chi connectivity index (χ3n) is 4.47. The van der Waals surface area contributed by atoms with E-state index in [4.69, 9.17) is 16.3 Å². The number of amides is 2. The van der Waals surface area contributed by atoms with Gasteiger partial charge in [0.2, 0.25) is 11.8 Å². The van der Waals surface area contributed by atoms with Crippen molar-refractivity contribution in [1.29, 1.82) is 0 Å². The van der Waals surface area contributed by atoms with Gasteiger partial charge in [0, 0.05) is 25.2 Å². The van der Waals surface area contributed by atoms with Crippen LogP contribution in [0.25, 0.3) is 0 Å². The fourth-order valence-electron chi connectivity index (χ4n) is 3.03. The first-order valence-corrected chi connectivity index (χ1v) is 10.1. The van der Waals surface area contributed by atoms with Gasteiger partial charge >= 0.3 is 0 Å². The summed E-state index contributed by atoms with van der Waals surface area (Å²) in [6.07, 6.45) is 0.966. The van der Waals surface area contributed by atoms with Crippen LogP contribution in [-0.4, -0.2) is 38.6 Å². The number of hydrogen-bond donors (Lipinski definition) is 2. The quantitative estimate of drug-likeness (QED) is 0.682. The lowest BCUT2D eigenvalue weighted by Crippen LogP contribution is -2.47. The van der Waals surface area contributed by atoms with Gasteiger partial charge in [-0.05, 0) is 58.2 Å². The zero-order valence-electron chi connectivity index (χ0n) is 15.4. The molecule has 0 aromatic heterocycles. The summed E-state index contributed by atoms with van der Waals surface area (Å²) in [6.45, 7) is 1.58. The van der Waals surface area contributed by atoms with Crippen LogP contribution >= 0.6 is 27.5 Å². The van der Waals surface area contributed by atoms with Crippen molar-refractivity contribution in [3.05, 3.63) is 51.5 Å². The SMILES string of the molecule is COc1ccc(CCC(=O)Nc2ccc(N3CCNC(=O)C3)c(Cl)c2)cc1Br. The highest BCUT2D eigenvalue weighted by atomic mass is 79.9. The van der Waals surface area contributed by atoms with Gasteiger partial charge in [0.1, 0.15) is 5.75 Å². The van der Waals surface area contributed by atoms with Gasteiger partial charge in [-0.2, -0.15) is 0 Å². The topological polar surface area (TPSA) is 70.7 Å². The molecule has 1 heterocycles. The van der Waals surface area contributed by atoms with E-state index in [1.54, 1.807) is 19.2 Å². The Hall–Kier alpha value is -2.25. The molecule has 0 radical (unpaired) electrons. The van der Waals surface area contributed by atoms with Crippen molar-refractivity contribution < 1.29 is 14.3 Å². The maximum atomic E-state index is 12.3. The number of nitrogens with zero attached hydrogens (tertiary/aromatic N) is 1. The van der Waals surface area contributed by atoms with E-state index in [0.717, 1.165) is 21.5 Å². The van der Waals surface area contributed by atoms with Gasteiger partial charge in [0.25, 0.3) is 0 Å². The Bertz CT molecular complexity index is 891. The van der Waals surface area contributed by atoms with Crippen molar-refractivity contribution in [1.82, 2.24) is 5.32 Å². The summed E-state index contributed by atoms with van der Waals surface area (Å²) in [4.78, 5) is 25.8. The minimum atomic E-state index is -0.0897. The summed E-state index contributed by atoms with van der Waals surface area (Å²) < 4.78 is 6.07. The van der Waals surface area contributed by atoms with Gasteiger partial charge in [0.15, 0.2) is 0 Å². The lowest BCUT2D eigenvalue weighted by Gasteiger charge is -2.29. The Balaban J connectivity index is 1.57. The molecule has 2 N–H and O–H groups in total. The van der Waals surface area contributed by atoms with Crippen molar-refractivity contribution in [2.24, 2.45) is 0 Å². The van der Waals surface area contributed by atoms with Crippen molar-refractivity contribution in [2.45, 2.75) is 12.8 Å². The minimum Gasteiger partial charge on any atom is -0.496 e. The monoisotopic (exact) mass is 465 g/mol. The van der Waals surface area contributed by atoms with Crippen molar-refractivity contribution in [3.63, 3.8) is 0 Å². The summed E-state index contributed by atoms with van der Waals surface area (Å²) in [5, 5.41) is 6.16. The maximum Gasteiger partial charge on any atom is 0.239 e. The number of piperazine rings is 1. The van der Waals surface area contributed by atoms with E-state index in [0.29, 0.717) is 36.6 Å². The van der Waals surface area contributed by atoms with Crippen molar-refractivity contribution in [3.8, 4) is 5.75 Å². The van der Waals surface area contributed by atoms with Crippen LogP contribution in [0.15, 0.2) is 40.9 Å². The van der Waals surface area contributed by atoms with Gasteiger partial charge < -0.3 is 20.3 Å². The minimum absolute atomic E-state index is 0.0233. The zero-order chi connectivity index (χ0) is 20.1. The van der Waals surface area contributed by atoms with E-state index in [-0.39, 0.29) is 18.4 Å². The lowest BCUT2D eigenvalue weighted by molar-refractivity contribution is -0.120. The molecule has 1 saturated heterocycles. The first kappa shape index (κ1) is 20.5. The molecule has 0 saturated carbocycles. The van der Waals surface area contributed by atoms with Crippen molar-refractivity contribution >= 4 is 50.7 Å². The average Bonchev–Trinajstić information content (AvgIpc) is 2.66. The highest BCUT2D eigenvalue weighted by Crippen LogP contribution is 2.29. The Kier molecular flexibility index (Phi) is 6.80. The summed E-state index contributed by atoms with van der Waals surface area (Å²) in [5.41, 5.74) is 2.47. The van der Waals surface area contributed by atoms with Gasteiger partial charge in [-0.1, -0.05) is 17.7 Å². The number of nitrogens with one attached hydrogen (secondary N) is 2. The number of halogens is 2. The second-order valence-corrected chi connectivity index (χ2v) is 7.72. The van der Waals surface area contributed by atoms with Crippen molar-refractivity contribution in [2.75, 3.05) is 37.0 Å². The molecule has 2 aromatic rings. The molecule has 1 aliphatic rings. The van der Waals surface area contributed by atoms with Crippen LogP contribution in [0, 0.1) is 0 Å². The summed E-state index contributed by atoms with van der Waals surface area (Å²) >= 11 is 9.82. The summed E-state index contributed by atoms with van der Waals surface area (Å²) in [7, 11) is 1.61. The molecule has 0 spiro atoms. The highest BCUT2D eigenvalue weighted by Gasteiger charge is 2.19. The van der Waals surface area contributed by atoms with E-state index in [1.807, 2.05) is 29.2 Å².